The topological polar surface area (TPSA) is 70.1 Å². The molecular weight excluding hydrogens is 260 g/mol. The second-order valence-electron chi connectivity index (χ2n) is 5.82. The first-order valence-corrected chi connectivity index (χ1v) is 7.38. The number of carboxylic acids is 1. The fraction of sp³-hybridized carbons (Fsp3) is 0.857. The molecule has 6 heteroatoms. The van der Waals surface area contributed by atoms with Crippen LogP contribution in [-0.2, 0) is 9.53 Å². The summed E-state index contributed by atoms with van der Waals surface area (Å²) in [5.41, 5.74) is 0. The molecule has 0 bridgehead atoms. The molecule has 0 radical (unpaired) electrons. The predicted octanol–water partition coefficient (Wildman–Crippen LogP) is 1.26. The normalized spacial score (nSPS) is 19.9. The number of piperidine rings is 1. The molecule has 2 aliphatic rings. The van der Waals surface area contributed by atoms with Crippen molar-refractivity contribution in [1.82, 2.24) is 9.80 Å². The number of rotatable bonds is 6. The van der Waals surface area contributed by atoms with Crippen molar-refractivity contribution in [2.24, 2.45) is 11.8 Å². The van der Waals surface area contributed by atoms with Crippen LogP contribution in [0.2, 0.25) is 0 Å². The molecule has 0 atom stereocenters. The summed E-state index contributed by atoms with van der Waals surface area (Å²) in [5, 5.41) is 8.94. The van der Waals surface area contributed by atoms with Crippen molar-refractivity contribution < 1.29 is 19.4 Å². The van der Waals surface area contributed by atoms with Crippen LogP contribution in [0, 0.1) is 11.8 Å². The molecule has 6 nitrogen and oxygen atoms in total. The number of aliphatic carboxylic acids is 1. The number of ether oxygens (including phenoxy) is 1. The van der Waals surface area contributed by atoms with Crippen molar-refractivity contribution in [3.63, 3.8) is 0 Å². The number of amides is 2. The zero-order valence-corrected chi connectivity index (χ0v) is 12.1. The van der Waals surface area contributed by atoms with Crippen molar-refractivity contribution in [3.05, 3.63) is 0 Å². The highest BCUT2D eigenvalue weighted by atomic mass is 16.5. The molecule has 0 unspecified atom stereocenters. The third-order valence-corrected chi connectivity index (χ3v) is 4.06. The van der Waals surface area contributed by atoms with E-state index in [0.717, 1.165) is 12.5 Å². The van der Waals surface area contributed by atoms with Crippen LogP contribution in [0.4, 0.5) is 4.79 Å². The largest absolute Gasteiger partial charge is 0.481 e. The average Bonchev–Trinajstić information content (AvgIpc) is 3.26. The van der Waals surface area contributed by atoms with Gasteiger partial charge in [-0.25, -0.2) is 4.79 Å². The number of hydrogen-bond acceptors (Lipinski definition) is 3. The molecule has 2 fully saturated rings. The number of carbonyl (C=O) groups is 2. The van der Waals surface area contributed by atoms with Crippen molar-refractivity contribution in [2.45, 2.75) is 25.7 Å². The SMILES string of the molecule is CN(CCOCC1CC1)C(=O)N1CCC(C(=O)O)CC1. The van der Waals surface area contributed by atoms with Gasteiger partial charge in [0.15, 0.2) is 0 Å². The molecule has 0 aromatic rings. The second kappa shape index (κ2) is 6.92. The summed E-state index contributed by atoms with van der Waals surface area (Å²) in [6.45, 7) is 3.03. The number of likely N-dealkylation sites (tertiary alicyclic amines) is 1. The minimum atomic E-state index is -0.751. The Morgan fingerprint density at radius 1 is 1.25 bits per heavy atom. The third-order valence-electron chi connectivity index (χ3n) is 4.06. The third kappa shape index (κ3) is 4.37. The van der Waals surface area contributed by atoms with Crippen molar-refractivity contribution in [3.8, 4) is 0 Å². The van der Waals surface area contributed by atoms with Crippen LogP contribution in [0.15, 0.2) is 0 Å². The lowest BCUT2D eigenvalue weighted by Gasteiger charge is -2.33. The van der Waals surface area contributed by atoms with Gasteiger partial charge in [0.2, 0.25) is 0 Å². The van der Waals surface area contributed by atoms with E-state index >= 15 is 0 Å². The summed E-state index contributed by atoms with van der Waals surface area (Å²) in [7, 11) is 1.77. The Bertz CT molecular complexity index is 349. The first kappa shape index (κ1) is 15.1. The molecule has 0 spiro atoms. The molecule has 2 amide bonds. The highest BCUT2D eigenvalue weighted by Gasteiger charge is 2.28. The van der Waals surface area contributed by atoms with Crippen LogP contribution >= 0.6 is 0 Å². The standard InChI is InChI=1S/C14H24N2O4/c1-15(8-9-20-10-11-2-3-11)14(19)16-6-4-12(5-7-16)13(17)18/h11-12H,2-10H2,1H3,(H,17,18). The first-order valence-electron chi connectivity index (χ1n) is 7.38. The van der Waals surface area contributed by atoms with Crippen LogP contribution in [0.3, 0.4) is 0 Å². The van der Waals surface area contributed by atoms with Crippen LogP contribution in [0.5, 0.6) is 0 Å². The molecule has 1 aliphatic heterocycles. The quantitative estimate of drug-likeness (QED) is 0.746. The molecule has 1 N–H and O–H groups in total. The summed E-state index contributed by atoms with van der Waals surface area (Å²) >= 11 is 0. The molecule has 114 valence electrons. The Hall–Kier alpha value is -1.30. The molecule has 1 heterocycles. The van der Waals surface area contributed by atoms with Gasteiger partial charge in [-0.2, -0.15) is 0 Å². The van der Waals surface area contributed by atoms with Crippen molar-refractivity contribution in [1.29, 1.82) is 0 Å². The monoisotopic (exact) mass is 284 g/mol. The number of carboxylic acid groups (broad SMARTS) is 1. The van der Waals surface area contributed by atoms with E-state index in [9.17, 15) is 9.59 Å². The lowest BCUT2D eigenvalue weighted by atomic mass is 9.97. The molecule has 0 aromatic heterocycles. The van der Waals surface area contributed by atoms with E-state index in [4.69, 9.17) is 9.84 Å². The number of carbonyl (C=O) groups excluding carboxylic acids is 1. The first-order chi connectivity index (χ1) is 9.58. The lowest BCUT2D eigenvalue weighted by Crippen LogP contribution is -2.46. The van der Waals surface area contributed by atoms with E-state index in [0.29, 0.717) is 39.1 Å². The fourth-order valence-corrected chi connectivity index (χ4v) is 2.39. The Kier molecular flexibility index (Phi) is 5.23. The highest BCUT2D eigenvalue weighted by molar-refractivity contribution is 5.75. The van der Waals surface area contributed by atoms with Gasteiger partial charge in [-0.3, -0.25) is 4.79 Å². The van der Waals surface area contributed by atoms with Gasteiger partial charge >= 0.3 is 12.0 Å². The average molecular weight is 284 g/mol. The van der Waals surface area contributed by atoms with Crippen LogP contribution in [-0.4, -0.2) is 66.8 Å². The molecule has 1 saturated carbocycles. The summed E-state index contributed by atoms with van der Waals surface area (Å²) in [6.07, 6.45) is 3.64. The summed E-state index contributed by atoms with van der Waals surface area (Å²) in [5.74, 6) is -0.309. The lowest BCUT2D eigenvalue weighted by molar-refractivity contribution is -0.143. The van der Waals surface area contributed by atoms with E-state index in [1.54, 1.807) is 16.8 Å². The Morgan fingerprint density at radius 2 is 1.90 bits per heavy atom. The van der Waals surface area contributed by atoms with Crippen LogP contribution in [0.25, 0.3) is 0 Å². The second-order valence-corrected chi connectivity index (χ2v) is 5.82. The predicted molar refractivity (Wildman–Crippen MR) is 73.5 cm³/mol. The summed E-state index contributed by atoms with van der Waals surface area (Å²) in [4.78, 5) is 26.4. The Morgan fingerprint density at radius 3 is 2.45 bits per heavy atom. The molecular formula is C14H24N2O4. The van der Waals surface area contributed by atoms with Gasteiger partial charge in [-0.1, -0.05) is 0 Å². The molecule has 2 rings (SSSR count). The number of nitrogens with zero attached hydrogens (tertiary/aromatic N) is 2. The molecule has 1 saturated heterocycles. The van der Waals surface area contributed by atoms with Crippen molar-refractivity contribution in [2.75, 3.05) is 39.9 Å². The van der Waals surface area contributed by atoms with E-state index < -0.39 is 5.97 Å². The van der Waals surface area contributed by atoms with E-state index in [1.165, 1.54) is 12.8 Å². The van der Waals surface area contributed by atoms with E-state index in [2.05, 4.69) is 0 Å². The van der Waals surface area contributed by atoms with Gasteiger partial charge in [0.05, 0.1) is 12.5 Å². The summed E-state index contributed by atoms with van der Waals surface area (Å²) < 4.78 is 5.52. The fourth-order valence-electron chi connectivity index (χ4n) is 2.39. The summed E-state index contributed by atoms with van der Waals surface area (Å²) in [6, 6.07) is -0.0242. The zero-order valence-electron chi connectivity index (χ0n) is 12.1. The van der Waals surface area contributed by atoms with Gasteiger partial charge in [-0.15, -0.1) is 0 Å². The minimum absolute atomic E-state index is 0.0242. The van der Waals surface area contributed by atoms with Crippen molar-refractivity contribution >= 4 is 12.0 Å². The number of urea groups is 1. The molecule has 20 heavy (non-hydrogen) atoms. The van der Waals surface area contributed by atoms with Gasteiger partial charge in [0.25, 0.3) is 0 Å². The molecule has 0 aromatic carbocycles. The van der Waals surface area contributed by atoms with E-state index in [1.807, 2.05) is 0 Å². The van der Waals surface area contributed by atoms with Gasteiger partial charge in [-0.05, 0) is 31.6 Å². The number of hydrogen-bond donors (Lipinski definition) is 1. The van der Waals surface area contributed by atoms with Crippen LogP contribution in [0.1, 0.15) is 25.7 Å². The zero-order chi connectivity index (χ0) is 14.5. The smallest absolute Gasteiger partial charge is 0.319 e. The van der Waals surface area contributed by atoms with Gasteiger partial charge in [0.1, 0.15) is 0 Å². The maximum Gasteiger partial charge on any atom is 0.319 e. The maximum absolute atomic E-state index is 12.2. The van der Waals surface area contributed by atoms with E-state index in [-0.39, 0.29) is 11.9 Å². The van der Waals surface area contributed by atoms with Gasteiger partial charge in [0, 0.05) is 33.3 Å². The van der Waals surface area contributed by atoms with Crippen LogP contribution < -0.4 is 0 Å². The number of likely N-dealkylation sites (N-methyl/N-ethyl adjacent to an activating group) is 1. The van der Waals surface area contributed by atoms with Gasteiger partial charge < -0.3 is 19.6 Å². The Labute approximate surface area is 119 Å². The maximum atomic E-state index is 12.2. The Balaban J connectivity index is 1.63. The minimum Gasteiger partial charge on any atom is -0.481 e. The molecule has 1 aliphatic carbocycles. The highest BCUT2D eigenvalue weighted by Crippen LogP contribution is 2.28.